The van der Waals surface area contributed by atoms with Gasteiger partial charge in [-0.05, 0) is 43.0 Å². The maximum Gasteiger partial charge on any atom is 0.0995 e. The molecule has 0 heterocycles. The number of benzene rings is 2. The van der Waals surface area contributed by atoms with E-state index >= 15 is 0 Å². The van der Waals surface area contributed by atoms with Gasteiger partial charge in [0, 0.05) is 22.6 Å². The van der Waals surface area contributed by atoms with Crippen molar-refractivity contribution in [1.82, 2.24) is 0 Å². The second kappa shape index (κ2) is 8.03. The third kappa shape index (κ3) is 4.62. The lowest BCUT2D eigenvalue weighted by Crippen LogP contribution is -2.02. The van der Waals surface area contributed by atoms with Gasteiger partial charge in [-0.15, -0.1) is 0 Å². The van der Waals surface area contributed by atoms with E-state index in [2.05, 4.69) is 31.1 Å². The Kier molecular flexibility index (Phi) is 5.81. The Bertz CT molecular complexity index is 869. The zero-order valence-electron chi connectivity index (χ0n) is 14.6. The Morgan fingerprint density at radius 2 is 1.80 bits per heavy atom. The van der Waals surface area contributed by atoms with Gasteiger partial charge >= 0.3 is 0 Å². The van der Waals surface area contributed by atoms with Crippen LogP contribution in [-0.2, 0) is 6.42 Å². The summed E-state index contributed by atoms with van der Waals surface area (Å²) in [6, 6.07) is 16.0. The molecule has 25 heavy (non-hydrogen) atoms. The van der Waals surface area contributed by atoms with Gasteiger partial charge < -0.3 is 11.1 Å². The minimum absolute atomic E-state index is 0.621. The smallest absolute Gasteiger partial charge is 0.0995 e. The molecule has 0 saturated carbocycles. The Balaban J connectivity index is 2.23. The lowest BCUT2D eigenvalue weighted by atomic mass is 9.99. The highest BCUT2D eigenvalue weighted by Crippen LogP contribution is 2.26. The predicted molar refractivity (Wildman–Crippen MR) is 107 cm³/mol. The van der Waals surface area contributed by atoms with E-state index in [9.17, 15) is 5.26 Å². The van der Waals surface area contributed by atoms with Crippen LogP contribution >= 0.6 is 0 Å². The molecular weight excluding hydrogens is 306 g/mol. The van der Waals surface area contributed by atoms with Crippen LogP contribution in [0.4, 0.5) is 5.69 Å². The molecule has 0 unspecified atom stereocenters. The minimum atomic E-state index is 0.621. The van der Waals surface area contributed by atoms with Gasteiger partial charge in [0.1, 0.15) is 0 Å². The van der Waals surface area contributed by atoms with Crippen molar-refractivity contribution in [2.75, 3.05) is 5.32 Å². The summed E-state index contributed by atoms with van der Waals surface area (Å²) in [6.45, 7) is 13.8. The van der Waals surface area contributed by atoms with Crippen LogP contribution in [0.5, 0.6) is 0 Å². The molecule has 2 aromatic carbocycles. The molecule has 0 aromatic heterocycles. The van der Waals surface area contributed by atoms with E-state index in [1.807, 2.05) is 49.4 Å². The van der Waals surface area contributed by atoms with Gasteiger partial charge in [-0.1, -0.05) is 55.6 Å². The number of hydrogen-bond acceptors (Lipinski definition) is 3. The van der Waals surface area contributed by atoms with Crippen molar-refractivity contribution < 1.29 is 0 Å². The number of nitrogens with two attached hydrogens (primary N) is 1. The summed E-state index contributed by atoms with van der Waals surface area (Å²) in [6.07, 6.45) is 1.37. The second-order valence-electron chi connectivity index (χ2n) is 6.07. The average molecular weight is 329 g/mol. The zero-order chi connectivity index (χ0) is 18.4. The van der Waals surface area contributed by atoms with Gasteiger partial charge in [-0.3, -0.25) is 0 Å². The largest absolute Gasteiger partial charge is 0.403 e. The highest BCUT2D eigenvalue weighted by molar-refractivity contribution is 5.83. The topological polar surface area (TPSA) is 61.8 Å². The third-order valence-electron chi connectivity index (χ3n) is 3.95. The molecule has 0 spiro atoms. The van der Waals surface area contributed by atoms with Crippen molar-refractivity contribution in [2.24, 2.45) is 5.73 Å². The highest BCUT2D eigenvalue weighted by Gasteiger charge is 2.08. The van der Waals surface area contributed by atoms with Crippen LogP contribution < -0.4 is 11.1 Å². The first-order valence-corrected chi connectivity index (χ1v) is 8.10. The molecule has 0 radical (unpaired) electrons. The SMILES string of the molecule is C=C(N)CCc1ccc(NC(=C)c2ccccc2C(=C)C)cc1C#N. The Labute approximate surface area is 149 Å². The molecule has 126 valence electrons. The number of anilines is 1. The van der Waals surface area contributed by atoms with Gasteiger partial charge in [0.25, 0.3) is 0 Å². The molecule has 0 amide bonds. The van der Waals surface area contributed by atoms with E-state index in [0.29, 0.717) is 24.1 Å². The molecule has 0 fully saturated rings. The van der Waals surface area contributed by atoms with Crippen molar-refractivity contribution in [2.45, 2.75) is 19.8 Å². The molecule has 0 aliphatic rings. The van der Waals surface area contributed by atoms with E-state index in [1.165, 1.54) is 0 Å². The zero-order valence-corrected chi connectivity index (χ0v) is 14.6. The summed E-state index contributed by atoms with van der Waals surface area (Å²) >= 11 is 0. The van der Waals surface area contributed by atoms with Crippen LogP contribution in [0.3, 0.4) is 0 Å². The second-order valence-corrected chi connectivity index (χ2v) is 6.07. The normalized spacial score (nSPS) is 9.92. The van der Waals surface area contributed by atoms with Crippen LogP contribution in [0.2, 0.25) is 0 Å². The third-order valence-corrected chi connectivity index (χ3v) is 3.95. The first-order chi connectivity index (χ1) is 11.9. The molecule has 2 rings (SSSR count). The first-order valence-electron chi connectivity index (χ1n) is 8.10. The van der Waals surface area contributed by atoms with E-state index in [-0.39, 0.29) is 0 Å². The number of nitrogens with one attached hydrogen (secondary N) is 1. The molecule has 0 aliphatic heterocycles. The molecule has 3 N–H and O–H groups in total. The van der Waals surface area contributed by atoms with Gasteiger partial charge in [0.2, 0.25) is 0 Å². The summed E-state index contributed by atoms with van der Waals surface area (Å²) in [7, 11) is 0. The molecular formula is C22H23N3. The Morgan fingerprint density at radius 3 is 2.40 bits per heavy atom. The minimum Gasteiger partial charge on any atom is -0.403 e. The van der Waals surface area contributed by atoms with E-state index < -0.39 is 0 Å². The lowest BCUT2D eigenvalue weighted by molar-refractivity contribution is 0.928. The number of nitrogens with zero attached hydrogens (tertiary/aromatic N) is 1. The molecule has 3 nitrogen and oxygen atoms in total. The summed E-state index contributed by atoms with van der Waals surface area (Å²) in [5.41, 5.74) is 12.5. The highest BCUT2D eigenvalue weighted by atomic mass is 14.9. The monoisotopic (exact) mass is 329 g/mol. The molecule has 0 saturated heterocycles. The van der Waals surface area contributed by atoms with E-state index in [4.69, 9.17) is 5.73 Å². The Morgan fingerprint density at radius 1 is 1.12 bits per heavy atom. The van der Waals surface area contributed by atoms with Crippen molar-refractivity contribution in [3.05, 3.63) is 90.2 Å². The van der Waals surface area contributed by atoms with E-state index in [1.54, 1.807) is 0 Å². The summed E-state index contributed by atoms with van der Waals surface area (Å²) < 4.78 is 0. The van der Waals surface area contributed by atoms with Gasteiger partial charge in [-0.25, -0.2) is 0 Å². The van der Waals surface area contributed by atoms with Gasteiger partial charge in [0.15, 0.2) is 0 Å². The van der Waals surface area contributed by atoms with Crippen molar-refractivity contribution in [3.63, 3.8) is 0 Å². The number of allylic oxidation sites excluding steroid dienone is 2. The Hall–Kier alpha value is -3.25. The van der Waals surface area contributed by atoms with Crippen molar-refractivity contribution in [1.29, 1.82) is 5.26 Å². The summed E-state index contributed by atoms with van der Waals surface area (Å²) in [5, 5.41) is 12.7. The van der Waals surface area contributed by atoms with E-state index in [0.717, 1.165) is 33.6 Å². The number of hydrogen-bond donors (Lipinski definition) is 2. The summed E-state index contributed by atoms with van der Waals surface area (Å²) in [4.78, 5) is 0. The fraction of sp³-hybridized carbons (Fsp3) is 0.136. The average Bonchev–Trinajstić information content (AvgIpc) is 2.60. The van der Waals surface area contributed by atoms with Crippen molar-refractivity contribution >= 4 is 17.0 Å². The maximum absolute atomic E-state index is 9.41. The fourth-order valence-corrected chi connectivity index (χ4v) is 2.63. The van der Waals surface area contributed by atoms with Crippen LogP contribution in [0, 0.1) is 11.3 Å². The van der Waals surface area contributed by atoms with Crippen LogP contribution in [0.15, 0.2) is 67.9 Å². The number of aryl methyl sites for hydroxylation is 1. The standard InChI is InChI=1S/C22H23N3/c1-15(2)21-7-5-6-8-22(21)17(4)25-20-12-11-18(10-9-16(3)24)19(13-20)14-23/h5-8,11-13,25H,1,3-4,9-10,24H2,2H3. The maximum atomic E-state index is 9.41. The van der Waals surface area contributed by atoms with Crippen LogP contribution in [0.25, 0.3) is 11.3 Å². The van der Waals surface area contributed by atoms with Crippen LogP contribution in [-0.4, -0.2) is 0 Å². The summed E-state index contributed by atoms with van der Waals surface area (Å²) in [5.74, 6) is 0. The number of nitriles is 1. The molecule has 3 heteroatoms. The predicted octanol–water partition coefficient (Wildman–Crippen LogP) is 5.08. The lowest BCUT2D eigenvalue weighted by Gasteiger charge is -2.15. The first kappa shape index (κ1) is 18.1. The van der Waals surface area contributed by atoms with Crippen LogP contribution in [0.1, 0.15) is 35.6 Å². The fourth-order valence-electron chi connectivity index (χ4n) is 2.63. The van der Waals surface area contributed by atoms with Crippen molar-refractivity contribution in [3.8, 4) is 6.07 Å². The molecule has 0 bridgehead atoms. The molecule has 0 aliphatic carbocycles. The molecule has 2 aromatic rings. The van der Waals surface area contributed by atoms with Gasteiger partial charge in [-0.2, -0.15) is 5.26 Å². The van der Waals surface area contributed by atoms with Gasteiger partial charge in [0.05, 0.1) is 11.6 Å². The number of rotatable bonds is 7. The molecule has 0 atom stereocenters. The quantitative estimate of drug-likeness (QED) is 0.744.